The Morgan fingerprint density at radius 2 is 2.00 bits per heavy atom. The summed E-state index contributed by atoms with van der Waals surface area (Å²) in [6.45, 7) is 2.30. The number of carbonyl (C=O) groups is 2. The molecule has 0 spiro atoms. The molecule has 1 atom stereocenters. The summed E-state index contributed by atoms with van der Waals surface area (Å²) in [7, 11) is 0. The van der Waals surface area contributed by atoms with Crippen molar-refractivity contribution in [2.24, 2.45) is 0 Å². The van der Waals surface area contributed by atoms with Crippen molar-refractivity contribution in [3.63, 3.8) is 0 Å². The molecule has 0 saturated carbocycles. The lowest BCUT2D eigenvalue weighted by Crippen LogP contribution is -2.40. The van der Waals surface area contributed by atoms with E-state index in [0.29, 0.717) is 17.9 Å². The lowest BCUT2D eigenvalue weighted by Gasteiger charge is -2.36. The average Bonchev–Trinajstić information content (AvgIpc) is 2.67. The Morgan fingerprint density at radius 3 is 2.73 bits per heavy atom. The zero-order valence-corrected chi connectivity index (χ0v) is 15.4. The van der Waals surface area contributed by atoms with Gasteiger partial charge in [0.2, 0.25) is 0 Å². The molecule has 136 valence electrons. The molecule has 1 heterocycles. The SMILES string of the molecule is Cc1ccc(C2CSCCN2C(=O)c2cccc(OCC(=O)O)c2)cc1. The summed E-state index contributed by atoms with van der Waals surface area (Å²) < 4.78 is 5.20. The van der Waals surface area contributed by atoms with Crippen molar-refractivity contribution in [1.29, 1.82) is 0 Å². The summed E-state index contributed by atoms with van der Waals surface area (Å²) in [5.41, 5.74) is 2.84. The van der Waals surface area contributed by atoms with Crippen LogP contribution < -0.4 is 4.74 Å². The molecule has 0 radical (unpaired) electrons. The highest BCUT2D eigenvalue weighted by Crippen LogP contribution is 2.31. The van der Waals surface area contributed by atoms with E-state index in [9.17, 15) is 9.59 Å². The van der Waals surface area contributed by atoms with Gasteiger partial charge in [-0.3, -0.25) is 4.79 Å². The number of carboxylic acid groups (broad SMARTS) is 1. The number of benzene rings is 2. The summed E-state index contributed by atoms with van der Waals surface area (Å²) in [5.74, 6) is 1.05. The van der Waals surface area contributed by atoms with E-state index in [1.54, 1.807) is 24.3 Å². The van der Waals surface area contributed by atoms with Crippen LogP contribution in [0.1, 0.15) is 27.5 Å². The Kier molecular flexibility index (Phi) is 5.83. The van der Waals surface area contributed by atoms with Crippen LogP contribution in [0.15, 0.2) is 48.5 Å². The summed E-state index contributed by atoms with van der Waals surface area (Å²) in [6, 6.07) is 15.0. The van der Waals surface area contributed by atoms with Gasteiger partial charge >= 0.3 is 5.97 Å². The molecular weight excluding hydrogens is 350 g/mol. The molecule has 3 rings (SSSR count). The van der Waals surface area contributed by atoms with E-state index in [-0.39, 0.29) is 11.9 Å². The van der Waals surface area contributed by atoms with Crippen LogP contribution in [0.25, 0.3) is 0 Å². The Labute approximate surface area is 157 Å². The van der Waals surface area contributed by atoms with Crippen LogP contribution in [0.3, 0.4) is 0 Å². The molecule has 6 heteroatoms. The molecule has 26 heavy (non-hydrogen) atoms. The number of hydrogen-bond acceptors (Lipinski definition) is 4. The van der Waals surface area contributed by atoms with E-state index in [1.165, 1.54) is 5.56 Å². The Morgan fingerprint density at radius 1 is 1.23 bits per heavy atom. The van der Waals surface area contributed by atoms with E-state index < -0.39 is 12.6 Å². The van der Waals surface area contributed by atoms with Crippen LogP contribution in [0.2, 0.25) is 0 Å². The monoisotopic (exact) mass is 371 g/mol. The fraction of sp³-hybridized carbons (Fsp3) is 0.300. The summed E-state index contributed by atoms with van der Waals surface area (Å²) in [4.78, 5) is 25.6. The second-order valence-electron chi connectivity index (χ2n) is 6.21. The maximum absolute atomic E-state index is 13.1. The highest BCUT2D eigenvalue weighted by molar-refractivity contribution is 7.99. The van der Waals surface area contributed by atoms with E-state index in [1.807, 2.05) is 23.6 Å². The minimum Gasteiger partial charge on any atom is -0.482 e. The van der Waals surface area contributed by atoms with Crippen molar-refractivity contribution in [1.82, 2.24) is 4.90 Å². The lowest BCUT2D eigenvalue weighted by molar-refractivity contribution is -0.139. The molecule has 1 aliphatic rings. The summed E-state index contributed by atoms with van der Waals surface area (Å²) in [5, 5.41) is 8.73. The Bertz CT molecular complexity index is 791. The standard InChI is InChI=1S/C20H21NO4S/c1-14-5-7-15(8-6-14)18-13-26-10-9-21(18)20(24)16-3-2-4-17(11-16)25-12-19(22)23/h2-8,11,18H,9-10,12-13H2,1H3,(H,22,23). The van der Waals surface area contributed by atoms with Gasteiger partial charge in [0.25, 0.3) is 5.91 Å². The summed E-state index contributed by atoms with van der Waals surface area (Å²) in [6.07, 6.45) is 0. The van der Waals surface area contributed by atoms with Gasteiger partial charge in [-0.2, -0.15) is 11.8 Å². The highest BCUT2D eigenvalue weighted by Gasteiger charge is 2.29. The van der Waals surface area contributed by atoms with Gasteiger partial charge < -0.3 is 14.7 Å². The molecule has 0 bridgehead atoms. The maximum Gasteiger partial charge on any atom is 0.341 e. The van der Waals surface area contributed by atoms with Gasteiger partial charge in [0.05, 0.1) is 6.04 Å². The lowest BCUT2D eigenvalue weighted by atomic mass is 10.0. The van der Waals surface area contributed by atoms with Gasteiger partial charge in [0, 0.05) is 23.6 Å². The number of amides is 1. The first-order chi connectivity index (χ1) is 12.5. The topological polar surface area (TPSA) is 66.8 Å². The van der Waals surface area contributed by atoms with Crippen molar-refractivity contribution >= 4 is 23.6 Å². The molecule has 1 aliphatic heterocycles. The van der Waals surface area contributed by atoms with Crippen LogP contribution in [-0.4, -0.2) is 46.5 Å². The first-order valence-corrected chi connectivity index (χ1v) is 9.60. The van der Waals surface area contributed by atoms with Gasteiger partial charge in [-0.05, 0) is 30.7 Å². The van der Waals surface area contributed by atoms with Crippen molar-refractivity contribution in [3.05, 3.63) is 65.2 Å². The molecule has 0 aliphatic carbocycles. The maximum atomic E-state index is 13.1. The zero-order chi connectivity index (χ0) is 18.5. The van der Waals surface area contributed by atoms with Gasteiger partial charge in [-0.25, -0.2) is 4.79 Å². The van der Waals surface area contributed by atoms with E-state index in [0.717, 1.165) is 17.1 Å². The minimum absolute atomic E-state index is 0.0328. The third-order valence-electron chi connectivity index (χ3n) is 4.29. The first kappa shape index (κ1) is 18.3. The number of aryl methyl sites for hydroxylation is 1. The molecule has 2 aromatic rings. The van der Waals surface area contributed by atoms with Crippen LogP contribution >= 0.6 is 11.8 Å². The number of nitrogens with zero attached hydrogens (tertiary/aromatic N) is 1. The minimum atomic E-state index is -1.05. The fourth-order valence-electron chi connectivity index (χ4n) is 2.94. The second kappa shape index (κ2) is 8.27. The van der Waals surface area contributed by atoms with E-state index >= 15 is 0 Å². The fourth-order valence-corrected chi connectivity index (χ4v) is 4.03. The normalized spacial score (nSPS) is 17.0. The number of carbonyl (C=O) groups excluding carboxylic acids is 1. The molecule has 1 unspecified atom stereocenters. The molecule has 5 nitrogen and oxygen atoms in total. The van der Waals surface area contributed by atoms with Crippen molar-refractivity contribution in [2.75, 3.05) is 24.7 Å². The molecule has 1 fully saturated rings. The number of ether oxygens (including phenoxy) is 1. The van der Waals surface area contributed by atoms with Crippen LogP contribution in [-0.2, 0) is 4.79 Å². The number of thioether (sulfide) groups is 1. The van der Waals surface area contributed by atoms with E-state index in [2.05, 4.69) is 24.3 Å². The van der Waals surface area contributed by atoms with Crippen molar-refractivity contribution in [3.8, 4) is 5.75 Å². The van der Waals surface area contributed by atoms with Gasteiger partial charge in [0.1, 0.15) is 5.75 Å². The molecule has 1 saturated heterocycles. The number of carboxylic acids is 1. The third kappa shape index (κ3) is 4.38. The first-order valence-electron chi connectivity index (χ1n) is 8.44. The molecule has 0 aromatic heterocycles. The van der Waals surface area contributed by atoms with Gasteiger partial charge in [-0.1, -0.05) is 35.9 Å². The average molecular weight is 371 g/mol. The summed E-state index contributed by atoms with van der Waals surface area (Å²) >= 11 is 1.85. The Hall–Kier alpha value is -2.47. The third-order valence-corrected chi connectivity index (χ3v) is 5.32. The van der Waals surface area contributed by atoms with Crippen LogP contribution in [0, 0.1) is 6.92 Å². The smallest absolute Gasteiger partial charge is 0.341 e. The zero-order valence-electron chi connectivity index (χ0n) is 14.6. The predicted molar refractivity (Wildman–Crippen MR) is 102 cm³/mol. The largest absolute Gasteiger partial charge is 0.482 e. The van der Waals surface area contributed by atoms with Crippen molar-refractivity contribution < 1.29 is 19.4 Å². The molecule has 1 amide bonds. The van der Waals surface area contributed by atoms with Crippen LogP contribution in [0.5, 0.6) is 5.75 Å². The van der Waals surface area contributed by atoms with Gasteiger partial charge in [0.15, 0.2) is 6.61 Å². The van der Waals surface area contributed by atoms with E-state index in [4.69, 9.17) is 9.84 Å². The van der Waals surface area contributed by atoms with Gasteiger partial charge in [-0.15, -0.1) is 0 Å². The quantitative estimate of drug-likeness (QED) is 0.873. The van der Waals surface area contributed by atoms with Crippen molar-refractivity contribution in [2.45, 2.75) is 13.0 Å². The van der Waals surface area contributed by atoms with Crippen LogP contribution in [0.4, 0.5) is 0 Å². The molecule has 1 N–H and O–H groups in total. The predicted octanol–water partition coefficient (Wildman–Crippen LogP) is 3.39. The number of aliphatic carboxylic acids is 1. The molecule has 2 aromatic carbocycles. The Balaban J connectivity index is 1.81. The number of hydrogen-bond donors (Lipinski definition) is 1. The molecular formula is C20H21NO4S. The number of rotatable bonds is 5. The highest BCUT2D eigenvalue weighted by atomic mass is 32.2. The second-order valence-corrected chi connectivity index (χ2v) is 7.36.